The predicted octanol–water partition coefficient (Wildman–Crippen LogP) is 8.15. The number of methoxy groups -OCH3 is 4. The van der Waals surface area contributed by atoms with E-state index >= 15 is 0 Å². The average Bonchev–Trinajstić information content (AvgIpc) is 0.793. The molecule has 0 fully saturated rings. The number of aliphatic hydroxyl groups excluding tert-OH is 4. The Morgan fingerprint density at radius 3 is 0.926 bits per heavy atom. The molecule has 0 saturated heterocycles. The van der Waals surface area contributed by atoms with Crippen molar-refractivity contribution in [3.63, 3.8) is 0 Å². The molecule has 135 heavy (non-hydrogen) atoms. The zero-order chi connectivity index (χ0) is 98.6. The Morgan fingerprint density at radius 2 is 0.696 bits per heavy atom. The molecule has 0 aliphatic rings. The Balaban J connectivity index is 0.000000552. The number of carboxylic acids is 1. The van der Waals surface area contributed by atoms with Gasteiger partial charge in [0, 0.05) is 147 Å². The molecule has 12 aromatic rings. The first-order valence-corrected chi connectivity index (χ1v) is 45.5. The Labute approximate surface area is 841 Å². The molecule has 0 spiro atoms. The summed E-state index contributed by atoms with van der Waals surface area (Å²) < 4.78 is 89.1. The second-order valence-electron chi connectivity index (χ2n) is 26.7. The number of rotatable bonds is 35. The second-order valence-corrected chi connectivity index (χ2v) is 32.3. The number of benzene rings is 8. The van der Waals surface area contributed by atoms with E-state index in [1.165, 1.54) is 91.9 Å². The van der Waals surface area contributed by atoms with Crippen molar-refractivity contribution in [1.82, 2.24) is 20.0 Å². The van der Waals surface area contributed by atoms with Gasteiger partial charge >= 0.3 is 85.7 Å². The van der Waals surface area contributed by atoms with E-state index in [0.29, 0.717) is 79.2 Å². The number of carbonyl (C=O) groups is 7. The van der Waals surface area contributed by atoms with Crippen molar-refractivity contribution in [3.8, 4) is 23.0 Å². The van der Waals surface area contributed by atoms with Crippen LogP contribution in [0.4, 0.5) is 0 Å². The Kier molecular flexibility index (Phi) is 58.4. The number of aliphatic carboxylic acids is 1. The molecular weight excluding hydrogens is 1900 g/mol. The smallest absolute Gasteiger partial charge is 0.870 e. The Morgan fingerprint density at radius 1 is 0.430 bits per heavy atom. The molecule has 0 aliphatic carbocycles. The van der Waals surface area contributed by atoms with E-state index in [1.54, 1.807) is 97.1 Å². The van der Waals surface area contributed by atoms with E-state index in [-0.39, 0.29) is 170 Å². The maximum Gasteiger partial charge on any atom is 1.00 e. The third-order valence-electron chi connectivity index (χ3n) is 18.0. The van der Waals surface area contributed by atoms with Gasteiger partial charge in [-0.2, -0.15) is 8.42 Å². The Bertz CT molecular complexity index is 6180. The van der Waals surface area contributed by atoms with Crippen LogP contribution >= 0.6 is 56.9 Å². The molecule has 0 radical (unpaired) electrons. The first kappa shape index (κ1) is 121. The predicted molar refractivity (Wildman–Crippen MR) is 521 cm³/mol. The van der Waals surface area contributed by atoms with Gasteiger partial charge < -0.3 is 98.4 Å². The third kappa shape index (κ3) is 42.8. The molecule has 4 aromatic heterocycles. The molecule has 2 amide bonds. The van der Waals surface area contributed by atoms with Crippen molar-refractivity contribution < 1.29 is 181 Å². The van der Waals surface area contributed by atoms with Crippen LogP contribution in [-0.2, 0) is 72.4 Å². The monoisotopic (exact) mass is 2010 g/mol. The molecule has 9 N–H and O–H groups in total. The number of hydrogen-bond donors (Lipinski definition) is 8. The molecular formula is C93H108ClKN4O31S5. The molecule has 0 atom stereocenters. The molecule has 724 valence electrons. The summed E-state index contributed by atoms with van der Waals surface area (Å²) in [6, 6.07) is 50.4. The number of allylic oxidation sites excluding steroid dienone is 1. The van der Waals surface area contributed by atoms with Crippen molar-refractivity contribution in [2.75, 3.05) is 153 Å². The van der Waals surface area contributed by atoms with Gasteiger partial charge in [-0.25, -0.2) is 19.2 Å². The molecule has 12 rings (SSSR count). The summed E-state index contributed by atoms with van der Waals surface area (Å²) in [7, 11) is 1.20. The van der Waals surface area contributed by atoms with E-state index < -0.39 is 58.0 Å². The van der Waals surface area contributed by atoms with Gasteiger partial charge in [-0.1, -0.05) is 89.0 Å². The number of carbonyl (C=O) groups excluding carboxylic acids is 6. The van der Waals surface area contributed by atoms with Crippen LogP contribution in [0.5, 0.6) is 23.0 Å². The minimum Gasteiger partial charge on any atom is -0.870 e. The summed E-state index contributed by atoms with van der Waals surface area (Å²) in [6.45, 7) is 21.7. The quantitative estimate of drug-likeness (QED) is 0.00214. The maximum atomic E-state index is 12.9. The number of halogens is 1. The fourth-order valence-corrected chi connectivity index (χ4v) is 15.3. The number of carboxylic acid groups (broad SMARTS) is 1. The average molecular weight is 2010 g/mol. The molecule has 4 heterocycles. The first-order valence-electron chi connectivity index (χ1n) is 40.4. The zero-order valence-electron chi connectivity index (χ0n) is 75.7. The summed E-state index contributed by atoms with van der Waals surface area (Å²) >= 11 is 10.8. The van der Waals surface area contributed by atoms with Gasteiger partial charge in [0.05, 0.1) is 46.6 Å². The molecule has 0 bridgehead atoms. The van der Waals surface area contributed by atoms with E-state index in [1.807, 2.05) is 91.0 Å². The minimum absolute atomic E-state index is 0. The van der Waals surface area contributed by atoms with Gasteiger partial charge in [0.15, 0.2) is 48.1 Å². The van der Waals surface area contributed by atoms with Gasteiger partial charge in [0.1, 0.15) is 36.2 Å². The second kappa shape index (κ2) is 65.4. The van der Waals surface area contributed by atoms with Crippen LogP contribution in [0.25, 0.3) is 80.7 Å². The number of ether oxygens (including phenoxy) is 10. The van der Waals surface area contributed by atoms with Gasteiger partial charge in [-0.05, 0) is 159 Å². The first-order chi connectivity index (χ1) is 63.6. The fourth-order valence-electron chi connectivity index (χ4n) is 11.1. The van der Waals surface area contributed by atoms with Crippen LogP contribution in [0.2, 0.25) is 0 Å². The van der Waals surface area contributed by atoms with Crippen molar-refractivity contribution >= 4 is 189 Å². The van der Waals surface area contributed by atoms with E-state index in [0.717, 1.165) is 55.8 Å². The number of nitrogens with one attached hydrogen (secondary N) is 1. The topological polar surface area (TPSA) is 508 Å². The Hall–Kier alpha value is -10.4. The van der Waals surface area contributed by atoms with Crippen LogP contribution in [0.3, 0.4) is 0 Å². The zero-order valence-corrected chi connectivity index (χ0v) is 83.6. The number of aliphatic hydroxyl groups is 4. The molecule has 0 unspecified atom stereocenters. The number of nitrogens with zero attached hydrogens (tertiary/aromatic N) is 3. The molecule has 0 aliphatic heterocycles. The van der Waals surface area contributed by atoms with Crippen LogP contribution in [-0.4, -0.2) is 264 Å². The van der Waals surface area contributed by atoms with E-state index in [2.05, 4.69) is 55.5 Å². The van der Waals surface area contributed by atoms with E-state index in [9.17, 15) is 52.7 Å². The third-order valence-corrected chi connectivity index (χ3v) is 22.8. The van der Waals surface area contributed by atoms with Crippen molar-refractivity contribution in [2.45, 2.75) is 33.7 Å². The normalized spacial score (nSPS) is 10.4. The van der Waals surface area contributed by atoms with Crippen molar-refractivity contribution in [3.05, 3.63) is 249 Å². The number of hydrogen-bond acceptors (Lipinski definition) is 34. The summed E-state index contributed by atoms with van der Waals surface area (Å²) in [5.41, 5.74) is -0.248. The summed E-state index contributed by atoms with van der Waals surface area (Å²) in [4.78, 5) is 134. The maximum absolute atomic E-state index is 12.9. The summed E-state index contributed by atoms with van der Waals surface area (Å²) in [6.07, 6.45) is 3.09. The van der Waals surface area contributed by atoms with Gasteiger partial charge in [0.25, 0.3) is 17.8 Å². The van der Waals surface area contributed by atoms with Crippen LogP contribution < -0.4 is 97.4 Å². The van der Waals surface area contributed by atoms with Crippen LogP contribution in [0, 0.1) is 0 Å². The molecule has 8 aromatic carbocycles. The van der Waals surface area contributed by atoms with Gasteiger partial charge in [0.2, 0.25) is 5.24 Å². The van der Waals surface area contributed by atoms with Crippen molar-refractivity contribution in [1.29, 1.82) is 0 Å². The van der Waals surface area contributed by atoms with Gasteiger partial charge in [-0.3, -0.25) is 42.7 Å². The van der Waals surface area contributed by atoms with Crippen molar-refractivity contribution in [2.24, 2.45) is 0 Å². The molecule has 42 heteroatoms. The largest absolute Gasteiger partial charge is 1.00 e. The molecule has 35 nitrogen and oxygen atoms in total. The van der Waals surface area contributed by atoms with E-state index in [4.69, 9.17) is 97.3 Å². The minimum atomic E-state index is -4.67. The standard InChI is InChI=1S/C25H23NO7S.C19H19NO5S.C16H12O4S.C15H10O4S.C6H15N.C5H12O3.C4H11NO2.C3H3ClO.K.H2O4S.H2O/c1-3-23(28)31-13-11-26(12-14-32-24(29)4-2)22(27)16-33-17-9-10-21-19(15-17)25(30)18-7-5-6-8-20(18)34-21;21-9-7-20(8-10-22)18(23)12-25-13-5-6-17-15(11-13)19(24)14-3-1-2-4-16(14)26-17;1-19-15(17)9-20-10-6-7-14-12(8-10)16(18)11-4-2-3-5-13(11)21-14;16-14(17)8-19-9-5-6-13-11(7-9)15(18)10-3-1-2-4-12(10)20-13;1-4-7(5-2)6-3;1-5(6-2,7-3)8-4;6-3-1-5-2-4-7;1-2-3(4)5;;1-5(2,3)4;/h3-10,15H,1-2,11-14,16H2;1-6,11,21-22H,7-10,12H2;2-8H,9H2,1H3;1-7H,8H2,(H,16,17);4-6H2,1-3H3;1-4H3;5-7H,1-4H2;2H,1H2;;(H2,1,2,3,4);1H2/q;;;;;;;;+1;;/p-1. The van der Waals surface area contributed by atoms with Crippen LogP contribution in [0.15, 0.2) is 227 Å². The number of esters is 3. The SMILES string of the molecule is C=CC(=O)Cl.C=CC(=O)OCCN(CCOC(=O)C=C)C(=O)COc1ccc2sc3ccccc3c(=O)c2c1.CCN(CC)CC.COC(=O)COc1ccc2sc3ccccc3c(=O)c2c1.COC(C)(OC)OC.O=C(COc1ccc2sc3ccccc3c(=O)c2c1)N(CCO)CCO.O=C(O)COc1ccc2sc3ccccc3c(=O)c2c1.O=S(=O)(O)O.OCCNCCO.[K+].[OH-]. The summed E-state index contributed by atoms with van der Waals surface area (Å²) in [5.74, 6) is -2.68. The van der Waals surface area contributed by atoms with Crippen LogP contribution in [0.1, 0.15) is 27.7 Å². The number of fused-ring (bicyclic) bond motifs is 8. The molecule has 0 saturated carbocycles. The van der Waals surface area contributed by atoms with Gasteiger partial charge in [-0.15, -0.1) is 45.3 Å². The summed E-state index contributed by atoms with van der Waals surface area (Å²) in [5, 5.41) is 50.0. The fraction of sp³-hybridized carbons (Fsp3) is 0.301. The number of amides is 2.